The van der Waals surface area contributed by atoms with E-state index in [0.717, 1.165) is 25.0 Å². The molecule has 24 heavy (non-hydrogen) atoms. The SMILES string of the molecule is CCCCC/C=C/C=C/C(=O)O.CCCCC/C=C\C=C\C(=O)O. The highest BCUT2D eigenvalue weighted by Gasteiger charge is 1.83. The zero-order chi connectivity index (χ0) is 18.5. The van der Waals surface area contributed by atoms with Crippen molar-refractivity contribution in [2.45, 2.75) is 65.2 Å². The summed E-state index contributed by atoms with van der Waals surface area (Å²) in [5.74, 6) is -1.79. The van der Waals surface area contributed by atoms with Gasteiger partial charge in [-0.25, -0.2) is 9.59 Å². The quantitative estimate of drug-likeness (QED) is 0.279. The molecule has 0 bridgehead atoms. The van der Waals surface area contributed by atoms with Crippen molar-refractivity contribution in [3.05, 3.63) is 48.6 Å². The number of unbranched alkanes of at least 4 members (excludes halogenated alkanes) is 6. The fourth-order valence-electron chi connectivity index (χ4n) is 1.65. The molecule has 0 unspecified atom stereocenters. The first kappa shape index (κ1) is 24.2. The number of aliphatic carboxylic acids is 2. The average Bonchev–Trinajstić information content (AvgIpc) is 2.53. The fraction of sp³-hybridized carbons (Fsp3) is 0.500. The molecule has 0 aliphatic carbocycles. The van der Waals surface area contributed by atoms with Gasteiger partial charge in [-0.05, 0) is 25.7 Å². The van der Waals surface area contributed by atoms with E-state index >= 15 is 0 Å². The summed E-state index contributed by atoms with van der Waals surface area (Å²) in [5, 5.41) is 16.5. The predicted molar refractivity (Wildman–Crippen MR) is 100 cm³/mol. The van der Waals surface area contributed by atoms with Gasteiger partial charge < -0.3 is 10.2 Å². The summed E-state index contributed by atoms with van der Waals surface area (Å²) in [6.07, 6.45) is 22.3. The second-order valence-corrected chi connectivity index (χ2v) is 5.24. The lowest BCUT2D eigenvalue weighted by atomic mass is 10.2. The number of rotatable bonds is 12. The molecule has 4 heteroatoms. The van der Waals surface area contributed by atoms with Crippen LogP contribution in [0.25, 0.3) is 0 Å². The van der Waals surface area contributed by atoms with E-state index < -0.39 is 11.9 Å². The first-order chi connectivity index (χ1) is 11.5. The highest BCUT2D eigenvalue weighted by molar-refractivity contribution is 5.80. The minimum Gasteiger partial charge on any atom is -0.478 e. The normalized spacial score (nSPS) is 11.4. The Bertz CT molecular complexity index is 377. The van der Waals surface area contributed by atoms with Crippen molar-refractivity contribution in [2.75, 3.05) is 0 Å². The van der Waals surface area contributed by atoms with Crippen molar-refractivity contribution in [1.29, 1.82) is 0 Å². The van der Waals surface area contributed by atoms with E-state index in [-0.39, 0.29) is 0 Å². The monoisotopic (exact) mass is 336 g/mol. The van der Waals surface area contributed by atoms with Crippen LogP contribution in [0.4, 0.5) is 0 Å². The fourth-order valence-corrected chi connectivity index (χ4v) is 1.65. The Kier molecular flexibility index (Phi) is 21.0. The van der Waals surface area contributed by atoms with E-state index in [0.29, 0.717) is 0 Å². The summed E-state index contributed by atoms with van der Waals surface area (Å²) < 4.78 is 0. The van der Waals surface area contributed by atoms with Gasteiger partial charge in [-0.1, -0.05) is 76.0 Å². The third kappa shape index (κ3) is 28.1. The van der Waals surface area contributed by atoms with Gasteiger partial charge in [0.25, 0.3) is 0 Å². The predicted octanol–water partition coefficient (Wildman–Crippen LogP) is 5.53. The maximum atomic E-state index is 10.0. The van der Waals surface area contributed by atoms with Crippen LogP contribution in [0.3, 0.4) is 0 Å². The first-order valence-corrected chi connectivity index (χ1v) is 8.66. The van der Waals surface area contributed by atoms with Crippen molar-refractivity contribution in [3.63, 3.8) is 0 Å². The number of hydrogen-bond acceptors (Lipinski definition) is 2. The largest absolute Gasteiger partial charge is 0.478 e. The third-order valence-electron chi connectivity index (χ3n) is 2.92. The third-order valence-corrected chi connectivity index (χ3v) is 2.92. The van der Waals surface area contributed by atoms with E-state index in [1.54, 1.807) is 24.3 Å². The van der Waals surface area contributed by atoms with Crippen LogP contribution in [-0.4, -0.2) is 22.2 Å². The van der Waals surface area contributed by atoms with E-state index in [1.807, 2.05) is 12.2 Å². The van der Waals surface area contributed by atoms with Crippen LogP contribution in [0.2, 0.25) is 0 Å². The van der Waals surface area contributed by atoms with Crippen LogP contribution >= 0.6 is 0 Å². The van der Waals surface area contributed by atoms with Crippen molar-refractivity contribution >= 4 is 11.9 Å². The van der Waals surface area contributed by atoms with Crippen LogP contribution < -0.4 is 0 Å². The molecule has 0 atom stereocenters. The Hall–Kier alpha value is -2.10. The molecule has 0 aromatic carbocycles. The molecule has 0 aliphatic heterocycles. The molecule has 0 saturated carbocycles. The van der Waals surface area contributed by atoms with E-state index in [1.165, 1.54) is 38.5 Å². The maximum absolute atomic E-state index is 10.0. The van der Waals surface area contributed by atoms with Gasteiger partial charge >= 0.3 is 11.9 Å². The standard InChI is InChI=1S/2C10H16O2/c2*1-2-3-4-5-6-7-8-9-10(11)12/h2*6-9H,2-5H2,1H3,(H,11,12)/b7-6+,9-8+;7-6-,9-8+. The Morgan fingerprint density at radius 3 is 1.33 bits per heavy atom. The van der Waals surface area contributed by atoms with E-state index in [9.17, 15) is 9.59 Å². The topological polar surface area (TPSA) is 74.6 Å². The van der Waals surface area contributed by atoms with Gasteiger partial charge in [-0.3, -0.25) is 0 Å². The molecule has 0 saturated heterocycles. The summed E-state index contributed by atoms with van der Waals surface area (Å²) in [6, 6.07) is 0. The zero-order valence-corrected chi connectivity index (χ0v) is 15.0. The van der Waals surface area contributed by atoms with Crippen molar-refractivity contribution in [3.8, 4) is 0 Å². The summed E-state index contributed by atoms with van der Waals surface area (Å²) >= 11 is 0. The molecular formula is C20H32O4. The minimum absolute atomic E-state index is 0.895. The lowest BCUT2D eigenvalue weighted by Gasteiger charge is -1.89. The second-order valence-electron chi connectivity index (χ2n) is 5.24. The van der Waals surface area contributed by atoms with E-state index in [4.69, 9.17) is 10.2 Å². The summed E-state index contributed by atoms with van der Waals surface area (Å²) in [7, 11) is 0. The number of carboxylic acids is 2. The zero-order valence-electron chi connectivity index (χ0n) is 15.0. The number of hydrogen-bond donors (Lipinski definition) is 2. The van der Waals surface area contributed by atoms with Crippen LogP contribution in [0.1, 0.15) is 65.2 Å². The van der Waals surface area contributed by atoms with Gasteiger partial charge in [0.15, 0.2) is 0 Å². The van der Waals surface area contributed by atoms with Gasteiger partial charge in [-0.15, -0.1) is 0 Å². The minimum atomic E-state index is -0.895. The van der Waals surface area contributed by atoms with Gasteiger partial charge in [0, 0.05) is 12.2 Å². The molecule has 136 valence electrons. The van der Waals surface area contributed by atoms with Crippen molar-refractivity contribution in [2.24, 2.45) is 0 Å². The van der Waals surface area contributed by atoms with Crippen molar-refractivity contribution in [1.82, 2.24) is 0 Å². The van der Waals surface area contributed by atoms with Gasteiger partial charge in [0.1, 0.15) is 0 Å². The molecule has 2 N–H and O–H groups in total. The molecule has 0 aromatic rings. The molecule has 0 radical (unpaired) electrons. The Morgan fingerprint density at radius 1 is 0.667 bits per heavy atom. The lowest BCUT2D eigenvalue weighted by Crippen LogP contribution is -1.84. The number of carboxylic acid groups (broad SMARTS) is 2. The Labute approximate surface area is 146 Å². The molecular weight excluding hydrogens is 304 g/mol. The molecule has 0 aliphatic rings. The molecule has 0 spiro atoms. The Morgan fingerprint density at radius 2 is 1.04 bits per heavy atom. The molecule has 0 amide bonds. The molecule has 0 heterocycles. The number of allylic oxidation sites excluding steroid dienone is 6. The second kappa shape index (κ2) is 20.9. The maximum Gasteiger partial charge on any atom is 0.328 e. The molecule has 4 nitrogen and oxygen atoms in total. The highest BCUT2D eigenvalue weighted by atomic mass is 16.4. The van der Waals surface area contributed by atoms with Crippen LogP contribution in [0.5, 0.6) is 0 Å². The van der Waals surface area contributed by atoms with Crippen LogP contribution in [0, 0.1) is 0 Å². The Balaban J connectivity index is 0. The molecule has 0 aromatic heterocycles. The average molecular weight is 336 g/mol. The molecule has 0 rings (SSSR count). The number of carbonyl (C=O) groups is 2. The van der Waals surface area contributed by atoms with Gasteiger partial charge in [0.2, 0.25) is 0 Å². The smallest absolute Gasteiger partial charge is 0.328 e. The summed E-state index contributed by atoms with van der Waals surface area (Å²) in [6.45, 7) is 4.32. The highest BCUT2D eigenvalue weighted by Crippen LogP contribution is 2.00. The van der Waals surface area contributed by atoms with Crippen molar-refractivity contribution < 1.29 is 19.8 Å². The molecule has 0 fully saturated rings. The van der Waals surface area contributed by atoms with E-state index in [2.05, 4.69) is 13.8 Å². The van der Waals surface area contributed by atoms with Gasteiger partial charge in [0.05, 0.1) is 0 Å². The van der Waals surface area contributed by atoms with Crippen LogP contribution in [0.15, 0.2) is 48.6 Å². The lowest BCUT2D eigenvalue weighted by molar-refractivity contribution is -0.132. The van der Waals surface area contributed by atoms with Gasteiger partial charge in [-0.2, -0.15) is 0 Å². The first-order valence-electron chi connectivity index (χ1n) is 8.66. The summed E-state index contributed by atoms with van der Waals surface area (Å²) in [5.41, 5.74) is 0. The van der Waals surface area contributed by atoms with Crippen LogP contribution in [-0.2, 0) is 9.59 Å². The summed E-state index contributed by atoms with van der Waals surface area (Å²) in [4.78, 5) is 20.0.